The van der Waals surface area contributed by atoms with Crippen LogP contribution in [0.3, 0.4) is 0 Å². The predicted octanol–water partition coefficient (Wildman–Crippen LogP) is 7.93. The van der Waals surface area contributed by atoms with Gasteiger partial charge < -0.3 is 15.0 Å². The van der Waals surface area contributed by atoms with Crippen LogP contribution in [0.4, 0.5) is 0 Å². The van der Waals surface area contributed by atoms with E-state index in [1.54, 1.807) is 0 Å². The molecule has 0 atom stereocenters. The molecule has 2 bridgehead atoms. The van der Waals surface area contributed by atoms with Crippen LogP contribution in [0, 0.1) is 10.8 Å². The molecule has 4 fully saturated rings. The fraction of sp³-hybridized carbons (Fsp3) is 0.263. The zero-order valence-corrected chi connectivity index (χ0v) is 24.1. The third-order valence-electron chi connectivity index (χ3n) is 10.4. The van der Waals surface area contributed by atoms with Crippen molar-refractivity contribution in [1.29, 1.82) is 0 Å². The smallest absolute Gasteiger partial charge is 0.303 e. The van der Waals surface area contributed by atoms with Crippen molar-refractivity contribution < 1.29 is 14.7 Å². The number of carbonyl (C=O) groups is 2. The molecule has 4 saturated carbocycles. The number of nitrogens with one attached hydrogen (secondary N) is 1. The minimum absolute atomic E-state index is 0.0309. The van der Waals surface area contributed by atoms with Gasteiger partial charge in [-0.2, -0.15) is 0 Å². The van der Waals surface area contributed by atoms with E-state index in [1.165, 1.54) is 16.7 Å². The molecule has 4 aromatic carbocycles. The van der Waals surface area contributed by atoms with Gasteiger partial charge in [0.25, 0.3) is 5.91 Å². The normalized spacial score (nSPS) is 22.8. The highest BCUT2D eigenvalue weighted by Gasteiger charge is 2.78. The topological polar surface area (TPSA) is 71.3 Å². The van der Waals surface area contributed by atoms with E-state index in [2.05, 4.69) is 88.9 Å². The number of nitrogens with zero attached hydrogens (tertiary/aromatic N) is 1. The number of carbonyl (C=O) groups excluding carboxylic acids is 1. The molecule has 1 heterocycles. The fourth-order valence-electron chi connectivity index (χ4n) is 8.29. The van der Waals surface area contributed by atoms with Crippen LogP contribution < -0.4 is 5.32 Å². The number of carboxylic acids is 1. The van der Waals surface area contributed by atoms with Crippen LogP contribution in [0.1, 0.15) is 54.4 Å². The summed E-state index contributed by atoms with van der Waals surface area (Å²) in [4.78, 5) is 25.6. The number of rotatable bonds is 9. The summed E-state index contributed by atoms with van der Waals surface area (Å²) in [6.45, 7) is 0.663. The molecule has 1 aromatic heterocycles. The Bertz CT molecular complexity index is 1850. The summed E-state index contributed by atoms with van der Waals surface area (Å²) in [6.07, 6.45) is 7.03. The molecule has 214 valence electrons. The molecule has 0 unspecified atom stereocenters. The van der Waals surface area contributed by atoms with Crippen LogP contribution in [0.2, 0.25) is 0 Å². The van der Waals surface area contributed by atoms with Gasteiger partial charge in [0.2, 0.25) is 0 Å². The number of benzene rings is 4. The minimum atomic E-state index is -0.710. The van der Waals surface area contributed by atoms with Crippen molar-refractivity contribution in [3.63, 3.8) is 0 Å². The zero-order valence-electron chi connectivity index (χ0n) is 24.1. The lowest BCUT2D eigenvalue weighted by Crippen LogP contribution is -2.71. The number of aromatic nitrogens is 1. The summed E-state index contributed by atoms with van der Waals surface area (Å²) in [6, 6.07) is 35.6. The molecule has 2 N–H and O–H groups in total. The second-order valence-electron chi connectivity index (χ2n) is 13.3. The Kier molecular flexibility index (Phi) is 5.71. The quantitative estimate of drug-likeness (QED) is 0.190. The van der Waals surface area contributed by atoms with Crippen molar-refractivity contribution in [2.45, 2.75) is 50.6 Å². The van der Waals surface area contributed by atoms with Crippen molar-refractivity contribution in [2.75, 3.05) is 0 Å². The first-order valence-electron chi connectivity index (χ1n) is 15.2. The second-order valence-corrected chi connectivity index (χ2v) is 13.3. The van der Waals surface area contributed by atoms with Crippen LogP contribution in [0.5, 0.6) is 0 Å². The highest BCUT2D eigenvalue weighted by atomic mass is 16.4. The molecule has 4 aliphatic carbocycles. The van der Waals surface area contributed by atoms with E-state index in [0.29, 0.717) is 12.1 Å². The fourth-order valence-corrected chi connectivity index (χ4v) is 8.29. The number of fused-ring (bicyclic) bond motifs is 1. The van der Waals surface area contributed by atoms with E-state index in [1.807, 2.05) is 30.3 Å². The maximum atomic E-state index is 14.2. The molecular weight excluding hydrogens is 532 g/mol. The largest absolute Gasteiger partial charge is 0.481 e. The van der Waals surface area contributed by atoms with Crippen molar-refractivity contribution in [3.8, 4) is 22.3 Å². The van der Waals surface area contributed by atoms with E-state index >= 15 is 0 Å². The average molecular weight is 567 g/mol. The molecule has 0 radical (unpaired) electrons. The Hall–Kier alpha value is -4.64. The predicted molar refractivity (Wildman–Crippen MR) is 169 cm³/mol. The summed E-state index contributed by atoms with van der Waals surface area (Å²) in [5.41, 5.74) is 7.12. The molecule has 0 spiro atoms. The third-order valence-corrected chi connectivity index (χ3v) is 10.4. The van der Waals surface area contributed by atoms with E-state index in [0.717, 1.165) is 54.1 Å². The molecule has 5 nitrogen and oxygen atoms in total. The van der Waals surface area contributed by atoms with Crippen LogP contribution in [0.15, 0.2) is 109 Å². The lowest BCUT2D eigenvalue weighted by Gasteiger charge is -2.73. The Morgan fingerprint density at radius 2 is 1.35 bits per heavy atom. The van der Waals surface area contributed by atoms with Gasteiger partial charge in [0, 0.05) is 23.7 Å². The molecule has 0 aliphatic heterocycles. The van der Waals surface area contributed by atoms with E-state index < -0.39 is 5.97 Å². The van der Waals surface area contributed by atoms with Crippen molar-refractivity contribution >= 4 is 22.8 Å². The number of hydrogen-bond donors (Lipinski definition) is 2. The SMILES string of the molecule is O=C(O)CC12CC(C3(NC(=O)c4cc(-c5ccccc5)cc5ccn(Cc6ccc(-c7ccccc7)cc6)c45)CC3)(C1)C2. The zero-order chi connectivity index (χ0) is 29.2. The maximum absolute atomic E-state index is 14.2. The standard InChI is InChI=1S/C38H34N2O3/c41-33(42)21-36-23-37(24-36,25-36)38(16-17-38)39-35(43)32-20-31(28-9-5-2-6-10-28)19-30-15-18-40(34(30)32)22-26-11-13-29(14-12-26)27-7-3-1-4-8-27/h1-15,18-20H,16-17,21-25H2,(H,39,43)(H,41,42). The van der Waals surface area contributed by atoms with E-state index in [-0.39, 0.29) is 28.7 Å². The molecule has 43 heavy (non-hydrogen) atoms. The van der Waals surface area contributed by atoms with Gasteiger partial charge in [0.1, 0.15) is 0 Å². The van der Waals surface area contributed by atoms with Crippen LogP contribution in [-0.2, 0) is 11.3 Å². The second kappa shape index (κ2) is 9.43. The van der Waals surface area contributed by atoms with Crippen LogP contribution in [0.25, 0.3) is 33.2 Å². The summed E-state index contributed by atoms with van der Waals surface area (Å²) >= 11 is 0. The highest BCUT2D eigenvalue weighted by molar-refractivity contribution is 6.08. The first kappa shape index (κ1) is 26.0. The van der Waals surface area contributed by atoms with Crippen molar-refractivity contribution in [1.82, 2.24) is 9.88 Å². The van der Waals surface area contributed by atoms with Crippen LogP contribution >= 0.6 is 0 Å². The Morgan fingerprint density at radius 1 is 0.744 bits per heavy atom. The van der Waals surface area contributed by atoms with Gasteiger partial charge in [-0.05, 0) is 89.0 Å². The molecule has 1 amide bonds. The number of hydrogen-bond acceptors (Lipinski definition) is 2. The molecular formula is C38H34N2O3. The Labute approximate surface area is 251 Å². The first-order chi connectivity index (χ1) is 20.9. The number of aliphatic carboxylic acids is 1. The van der Waals surface area contributed by atoms with Gasteiger partial charge in [-0.25, -0.2) is 0 Å². The summed E-state index contributed by atoms with van der Waals surface area (Å²) < 4.78 is 2.19. The maximum Gasteiger partial charge on any atom is 0.303 e. The third kappa shape index (κ3) is 4.29. The molecule has 4 aliphatic rings. The summed E-state index contributed by atoms with van der Waals surface area (Å²) in [5, 5.41) is 13.9. The lowest BCUT2D eigenvalue weighted by atomic mass is 9.31. The summed E-state index contributed by atoms with van der Waals surface area (Å²) in [7, 11) is 0. The molecule has 5 aromatic rings. The van der Waals surface area contributed by atoms with Gasteiger partial charge in [0.05, 0.1) is 17.5 Å². The van der Waals surface area contributed by atoms with E-state index in [4.69, 9.17) is 0 Å². The van der Waals surface area contributed by atoms with Gasteiger partial charge in [-0.1, -0.05) is 84.9 Å². The van der Waals surface area contributed by atoms with Gasteiger partial charge in [-0.3, -0.25) is 9.59 Å². The Balaban J connectivity index is 1.12. The van der Waals surface area contributed by atoms with Crippen molar-refractivity contribution in [3.05, 3.63) is 120 Å². The number of amides is 1. The van der Waals surface area contributed by atoms with E-state index in [9.17, 15) is 14.7 Å². The highest BCUT2D eigenvalue weighted by Crippen LogP contribution is 2.82. The number of carboxylic acid groups (broad SMARTS) is 1. The average Bonchev–Trinajstić information content (AvgIpc) is 3.65. The van der Waals surface area contributed by atoms with Crippen molar-refractivity contribution in [2.24, 2.45) is 10.8 Å². The minimum Gasteiger partial charge on any atom is -0.481 e. The van der Waals surface area contributed by atoms with Crippen LogP contribution in [-0.4, -0.2) is 27.1 Å². The molecule has 5 heteroatoms. The lowest BCUT2D eigenvalue weighted by molar-refractivity contribution is -0.232. The van der Waals surface area contributed by atoms with Gasteiger partial charge in [-0.15, -0.1) is 0 Å². The molecule has 0 saturated heterocycles. The summed E-state index contributed by atoms with van der Waals surface area (Å²) in [5.74, 6) is -0.741. The van der Waals surface area contributed by atoms with Gasteiger partial charge >= 0.3 is 5.97 Å². The molecule has 9 rings (SSSR count). The first-order valence-corrected chi connectivity index (χ1v) is 15.2. The monoisotopic (exact) mass is 566 g/mol. The van der Waals surface area contributed by atoms with Gasteiger partial charge in [0.15, 0.2) is 0 Å². The Morgan fingerprint density at radius 3 is 1.95 bits per heavy atom.